The minimum atomic E-state index is -2.42. The maximum atomic E-state index is 6.30. The Kier molecular flexibility index (Phi) is 5.10. The summed E-state index contributed by atoms with van der Waals surface area (Å²) in [6.07, 6.45) is 4.46. The van der Waals surface area contributed by atoms with Crippen LogP contribution in [-0.2, 0) is 16.3 Å². The maximum Gasteiger partial charge on any atom is 0.208 e. The summed E-state index contributed by atoms with van der Waals surface area (Å²) < 4.78 is 8.38. The number of halogens is 1. The van der Waals surface area contributed by atoms with Gasteiger partial charge in [0, 0.05) is 24.7 Å². The smallest absolute Gasteiger partial charge is 0.208 e. The molecular formula is C18H23ClN3OPS. The Morgan fingerprint density at radius 1 is 1.20 bits per heavy atom. The van der Waals surface area contributed by atoms with E-state index in [1.807, 2.05) is 18.2 Å². The van der Waals surface area contributed by atoms with Gasteiger partial charge >= 0.3 is 0 Å². The molecule has 4 nitrogen and oxygen atoms in total. The Bertz CT molecular complexity index is 746. The minimum absolute atomic E-state index is 0.451. The molecule has 0 radical (unpaired) electrons. The predicted molar refractivity (Wildman–Crippen MR) is 108 cm³/mol. The van der Waals surface area contributed by atoms with E-state index in [-0.39, 0.29) is 0 Å². The van der Waals surface area contributed by atoms with Crippen LogP contribution < -0.4 is 10.2 Å². The molecule has 1 aromatic rings. The molecule has 0 bridgehead atoms. The number of alkyl halides is 1. The molecule has 1 aliphatic carbocycles. The Labute approximate surface area is 159 Å². The lowest BCUT2D eigenvalue weighted by molar-refractivity contribution is 0.377. The molecule has 0 aromatic heterocycles. The molecule has 4 rings (SSSR count). The molecule has 7 heteroatoms. The summed E-state index contributed by atoms with van der Waals surface area (Å²) in [5, 5.41) is 1.21. The second-order valence-electron chi connectivity index (χ2n) is 6.45. The first-order chi connectivity index (χ1) is 12.2. The molecule has 1 N–H and O–H groups in total. The van der Waals surface area contributed by atoms with Gasteiger partial charge in [-0.25, -0.2) is 4.78 Å². The van der Waals surface area contributed by atoms with Crippen LogP contribution in [0.3, 0.4) is 0 Å². The zero-order valence-corrected chi connectivity index (χ0v) is 16.6. The van der Waals surface area contributed by atoms with Crippen molar-refractivity contribution >= 4 is 35.5 Å². The topological polar surface area (TPSA) is 27.7 Å². The molecule has 134 valence electrons. The third-order valence-electron chi connectivity index (χ3n) is 4.86. The Balaban J connectivity index is 1.81. The fourth-order valence-corrected chi connectivity index (χ4v) is 7.69. The number of allylic oxidation sites excluding steroid dienone is 3. The van der Waals surface area contributed by atoms with Gasteiger partial charge in [-0.2, -0.15) is 0 Å². The molecule has 0 unspecified atom stereocenters. The van der Waals surface area contributed by atoms with Crippen LogP contribution in [0.15, 0.2) is 53.1 Å². The monoisotopic (exact) mass is 395 g/mol. The number of nitrogens with one attached hydrogen (secondary N) is 1. The van der Waals surface area contributed by atoms with Crippen LogP contribution in [-0.4, -0.2) is 30.5 Å². The Hall–Kier alpha value is -1.00. The first-order valence-electron chi connectivity index (χ1n) is 8.86. The number of likely N-dealkylation sites (tertiary alicyclic amines) is 1. The van der Waals surface area contributed by atoms with Crippen molar-refractivity contribution in [2.45, 2.75) is 25.7 Å². The summed E-state index contributed by atoms with van der Waals surface area (Å²) in [5.74, 6) is 0.451. The molecule has 2 saturated heterocycles. The van der Waals surface area contributed by atoms with Gasteiger partial charge in [0.2, 0.25) is 6.42 Å². The van der Waals surface area contributed by atoms with Crippen LogP contribution in [0.2, 0.25) is 0 Å². The standard InChI is InChI=1S/C18H23ClN3OPS/c19-11-14-23-24(25)18-16(20-22(24)15-7-2-1-3-8-15)9-6-10-17(18)21-12-4-5-13-21/h1-3,7-9,20H,4-6,10-14H2/t24-/m0/s1. The minimum Gasteiger partial charge on any atom is -0.374 e. The number of rotatable bonds is 5. The molecule has 0 spiro atoms. The zero-order chi connectivity index (χ0) is 17.3. The van der Waals surface area contributed by atoms with Gasteiger partial charge in [-0.05, 0) is 49.6 Å². The number of nitrogens with zero attached hydrogens (tertiary/aromatic N) is 2. The van der Waals surface area contributed by atoms with Gasteiger partial charge in [-0.1, -0.05) is 24.3 Å². The fourth-order valence-electron chi connectivity index (χ4n) is 3.78. The van der Waals surface area contributed by atoms with Gasteiger partial charge in [0.1, 0.15) is 0 Å². The summed E-state index contributed by atoms with van der Waals surface area (Å²) in [7, 11) is 0. The molecule has 2 fully saturated rings. The number of hydrogen-bond donors (Lipinski definition) is 1. The molecule has 2 aliphatic heterocycles. The summed E-state index contributed by atoms with van der Waals surface area (Å²) in [6, 6.07) is 10.2. The highest BCUT2D eigenvalue weighted by Crippen LogP contribution is 2.67. The van der Waals surface area contributed by atoms with Crippen molar-refractivity contribution in [3.05, 3.63) is 53.1 Å². The van der Waals surface area contributed by atoms with E-state index in [2.05, 4.69) is 33.3 Å². The average molecular weight is 396 g/mol. The lowest BCUT2D eigenvalue weighted by Crippen LogP contribution is -2.27. The predicted octanol–water partition coefficient (Wildman–Crippen LogP) is 4.56. The highest BCUT2D eigenvalue weighted by atomic mass is 35.5. The van der Waals surface area contributed by atoms with Crippen LogP contribution in [0.25, 0.3) is 0 Å². The SMILES string of the molecule is S=[P@@]1(OCCCl)C2=C(N3CCCC3)CCC=C2NN1c1ccccc1. The molecule has 0 saturated carbocycles. The Morgan fingerprint density at radius 2 is 1.96 bits per heavy atom. The average Bonchev–Trinajstić information content (AvgIpc) is 3.28. The number of fused-ring (bicyclic) bond motifs is 1. The second-order valence-corrected chi connectivity index (χ2v) is 10.5. The molecular weight excluding hydrogens is 373 g/mol. The van der Waals surface area contributed by atoms with Crippen LogP contribution in [0.5, 0.6) is 0 Å². The molecule has 1 atom stereocenters. The van der Waals surface area contributed by atoms with Gasteiger partial charge in [-0.15, -0.1) is 11.6 Å². The van der Waals surface area contributed by atoms with Gasteiger partial charge < -0.3 is 9.42 Å². The van der Waals surface area contributed by atoms with E-state index in [4.69, 9.17) is 27.9 Å². The number of hydrogen-bond acceptors (Lipinski definition) is 4. The summed E-state index contributed by atoms with van der Waals surface area (Å²) in [6.45, 7) is 2.72. The van der Waals surface area contributed by atoms with Crippen molar-refractivity contribution in [2.75, 3.05) is 30.4 Å². The summed E-state index contributed by atoms with van der Waals surface area (Å²) in [4.78, 5) is 2.52. The molecule has 0 amide bonds. The second kappa shape index (κ2) is 7.32. The van der Waals surface area contributed by atoms with E-state index in [1.54, 1.807) is 0 Å². The summed E-state index contributed by atoms with van der Waals surface area (Å²) in [5.41, 5.74) is 7.12. The third-order valence-corrected chi connectivity index (χ3v) is 8.82. The first kappa shape index (κ1) is 17.4. The summed E-state index contributed by atoms with van der Waals surface area (Å²) >= 11 is 12.2. The molecule has 25 heavy (non-hydrogen) atoms. The van der Waals surface area contributed by atoms with Gasteiger partial charge in [0.25, 0.3) is 0 Å². The fraction of sp³-hybridized carbons (Fsp3) is 0.444. The third kappa shape index (κ3) is 3.12. The number of para-hydroxylation sites is 1. The van der Waals surface area contributed by atoms with E-state index < -0.39 is 6.42 Å². The quantitative estimate of drug-likeness (QED) is 0.582. The molecule has 1 aromatic carbocycles. The maximum absolute atomic E-state index is 6.30. The number of anilines is 1. The lowest BCUT2D eigenvalue weighted by atomic mass is 10.1. The zero-order valence-electron chi connectivity index (χ0n) is 14.2. The van der Waals surface area contributed by atoms with E-state index in [1.165, 1.54) is 23.9 Å². The van der Waals surface area contributed by atoms with Gasteiger partial charge in [0.15, 0.2) is 0 Å². The molecule has 3 aliphatic rings. The number of benzene rings is 1. The van der Waals surface area contributed by atoms with E-state index >= 15 is 0 Å². The van der Waals surface area contributed by atoms with Crippen molar-refractivity contribution in [2.24, 2.45) is 0 Å². The van der Waals surface area contributed by atoms with Crippen molar-refractivity contribution in [3.63, 3.8) is 0 Å². The van der Waals surface area contributed by atoms with Crippen LogP contribution in [0.4, 0.5) is 5.69 Å². The lowest BCUT2D eigenvalue weighted by Gasteiger charge is -2.32. The highest BCUT2D eigenvalue weighted by Gasteiger charge is 2.45. The normalized spacial score (nSPS) is 25.9. The highest BCUT2D eigenvalue weighted by molar-refractivity contribution is 8.15. The van der Waals surface area contributed by atoms with Crippen LogP contribution >= 0.6 is 18.0 Å². The van der Waals surface area contributed by atoms with E-state index in [0.717, 1.165) is 37.3 Å². The van der Waals surface area contributed by atoms with Crippen molar-refractivity contribution in [1.29, 1.82) is 0 Å². The Morgan fingerprint density at radius 3 is 2.68 bits per heavy atom. The van der Waals surface area contributed by atoms with Crippen molar-refractivity contribution in [3.8, 4) is 0 Å². The van der Waals surface area contributed by atoms with Gasteiger partial charge in [0.05, 0.1) is 23.3 Å². The van der Waals surface area contributed by atoms with Gasteiger partial charge in [-0.3, -0.25) is 5.43 Å². The first-order valence-corrected chi connectivity index (χ1v) is 12.1. The largest absolute Gasteiger partial charge is 0.374 e. The van der Waals surface area contributed by atoms with Crippen LogP contribution in [0, 0.1) is 0 Å². The molecule has 2 heterocycles. The number of hydrazine groups is 1. The van der Waals surface area contributed by atoms with E-state index in [9.17, 15) is 0 Å². The van der Waals surface area contributed by atoms with E-state index in [0.29, 0.717) is 12.5 Å². The van der Waals surface area contributed by atoms with Crippen LogP contribution in [0.1, 0.15) is 25.7 Å². The van der Waals surface area contributed by atoms with Crippen molar-refractivity contribution in [1.82, 2.24) is 10.3 Å². The van der Waals surface area contributed by atoms with Crippen molar-refractivity contribution < 1.29 is 4.52 Å².